The highest BCUT2D eigenvalue weighted by atomic mass is 32.1. The molecule has 1 aromatic carbocycles. The van der Waals surface area contributed by atoms with Gasteiger partial charge in [-0.1, -0.05) is 39.8 Å². The summed E-state index contributed by atoms with van der Waals surface area (Å²) in [6.45, 7) is 9.31. The van der Waals surface area contributed by atoms with Crippen molar-refractivity contribution in [3.05, 3.63) is 41.5 Å². The van der Waals surface area contributed by atoms with E-state index in [2.05, 4.69) is 33.0 Å². The van der Waals surface area contributed by atoms with Gasteiger partial charge in [0.25, 0.3) is 0 Å². The van der Waals surface area contributed by atoms with Gasteiger partial charge >= 0.3 is 5.97 Å². The first-order chi connectivity index (χ1) is 13.6. The van der Waals surface area contributed by atoms with Crippen molar-refractivity contribution in [1.82, 2.24) is 0 Å². The molecule has 0 aliphatic heterocycles. The van der Waals surface area contributed by atoms with E-state index in [0.29, 0.717) is 16.9 Å². The minimum atomic E-state index is -1.09. The predicted octanol–water partition coefficient (Wildman–Crippen LogP) is 5.85. The lowest BCUT2D eigenvalue weighted by Gasteiger charge is -2.45. The lowest BCUT2D eigenvalue weighted by atomic mass is 9.63. The molecular formula is C23H27NO4S. The average Bonchev–Trinajstić information content (AvgIpc) is 3.02. The van der Waals surface area contributed by atoms with Crippen LogP contribution in [0.5, 0.6) is 5.75 Å². The number of aromatic carboxylic acids is 1. The lowest BCUT2D eigenvalue weighted by molar-refractivity contribution is 0.0699. The van der Waals surface area contributed by atoms with Crippen molar-refractivity contribution in [2.45, 2.75) is 53.0 Å². The summed E-state index contributed by atoms with van der Waals surface area (Å²) in [6, 6.07) is 10.0. The van der Waals surface area contributed by atoms with E-state index >= 15 is 0 Å². The molecule has 2 aromatic rings. The van der Waals surface area contributed by atoms with Crippen LogP contribution in [0.15, 0.2) is 36.6 Å². The summed E-state index contributed by atoms with van der Waals surface area (Å²) in [6.07, 6.45) is 4.25. The second-order valence-corrected chi connectivity index (χ2v) is 10.4. The molecule has 1 aliphatic rings. The fraction of sp³-hybridized carbons (Fsp3) is 0.435. The Morgan fingerprint density at radius 1 is 1.24 bits per heavy atom. The molecule has 0 spiro atoms. The third-order valence-electron chi connectivity index (χ3n) is 5.20. The molecule has 3 rings (SSSR count). The molecule has 154 valence electrons. The summed E-state index contributed by atoms with van der Waals surface area (Å²) in [5.41, 5.74) is 2.50. The number of carbonyl (C=O) groups is 1. The molecule has 0 unspecified atom stereocenters. The number of carboxylic acid groups (broad SMARTS) is 1. The third kappa shape index (κ3) is 5.28. The van der Waals surface area contributed by atoms with Gasteiger partial charge in [-0.25, -0.2) is 9.59 Å². The Labute approximate surface area is 175 Å². The van der Waals surface area contributed by atoms with Crippen LogP contribution in [0.25, 0.3) is 10.4 Å². The van der Waals surface area contributed by atoms with E-state index in [0.717, 1.165) is 46.6 Å². The molecule has 1 heterocycles. The highest BCUT2D eigenvalue weighted by Crippen LogP contribution is 2.46. The summed E-state index contributed by atoms with van der Waals surface area (Å²) in [4.78, 5) is 22.7. The first kappa shape index (κ1) is 21.2. The number of ether oxygens (including phenoxy) is 1. The van der Waals surface area contributed by atoms with E-state index in [4.69, 9.17) is 4.74 Å². The summed E-state index contributed by atoms with van der Waals surface area (Å²) in [5.74, 6) is 0.565. The Morgan fingerprint density at radius 3 is 2.55 bits per heavy atom. The van der Waals surface area contributed by atoms with Crippen molar-refractivity contribution < 1.29 is 19.4 Å². The summed E-state index contributed by atoms with van der Waals surface area (Å²) >= 11 is 1.12. The Hall–Kier alpha value is -2.56. The Morgan fingerprint density at radius 2 is 1.93 bits per heavy atom. The summed E-state index contributed by atoms with van der Waals surface area (Å²) < 4.78 is 5.11. The van der Waals surface area contributed by atoms with E-state index in [1.54, 1.807) is 6.07 Å². The average molecular weight is 414 g/mol. The highest BCUT2D eigenvalue weighted by Gasteiger charge is 2.38. The fourth-order valence-corrected chi connectivity index (χ4v) is 5.71. The largest absolute Gasteiger partial charge is 0.477 e. The van der Waals surface area contributed by atoms with Gasteiger partial charge < -0.3 is 15.2 Å². The van der Waals surface area contributed by atoms with Crippen molar-refractivity contribution >= 4 is 28.9 Å². The van der Waals surface area contributed by atoms with Gasteiger partial charge in [-0.2, -0.15) is 0 Å². The van der Waals surface area contributed by atoms with Gasteiger partial charge in [-0.3, -0.25) is 0 Å². The van der Waals surface area contributed by atoms with Gasteiger partial charge in [0.1, 0.15) is 0 Å². The van der Waals surface area contributed by atoms with Crippen LogP contribution in [0.4, 0.5) is 5.69 Å². The molecule has 5 nitrogen and oxygen atoms in total. The van der Waals surface area contributed by atoms with Crippen LogP contribution in [0.1, 0.15) is 56.6 Å². The highest BCUT2D eigenvalue weighted by molar-refractivity contribution is 7.17. The minimum absolute atomic E-state index is 0.0561. The smallest absolute Gasteiger partial charge is 0.349 e. The van der Waals surface area contributed by atoms with Gasteiger partial charge in [0.15, 0.2) is 22.8 Å². The zero-order valence-corrected chi connectivity index (χ0v) is 18.1. The lowest BCUT2D eigenvalue weighted by Crippen LogP contribution is -2.40. The second kappa shape index (κ2) is 8.05. The maximum atomic E-state index is 11.5. The maximum Gasteiger partial charge on any atom is 0.349 e. The van der Waals surface area contributed by atoms with Crippen LogP contribution >= 0.6 is 11.3 Å². The Balaban J connectivity index is 1.85. The second-order valence-electron chi connectivity index (χ2n) is 9.30. The Bertz CT molecular complexity index is 938. The van der Waals surface area contributed by atoms with Crippen molar-refractivity contribution in [2.24, 2.45) is 10.8 Å². The number of hydrogen-bond donors (Lipinski definition) is 2. The molecule has 2 N–H and O–H groups in total. The van der Waals surface area contributed by atoms with Crippen LogP contribution in [0, 0.1) is 10.8 Å². The molecule has 1 aliphatic carbocycles. The molecule has 29 heavy (non-hydrogen) atoms. The molecule has 0 amide bonds. The molecule has 0 atom stereocenters. The number of rotatable bonds is 6. The molecule has 0 radical (unpaired) electrons. The molecule has 1 saturated carbocycles. The molecule has 0 saturated heterocycles. The molecule has 1 fully saturated rings. The first-order valence-electron chi connectivity index (χ1n) is 9.69. The zero-order chi connectivity index (χ0) is 21.2. The number of hydrogen-bond acceptors (Lipinski definition) is 5. The summed E-state index contributed by atoms with van der Waals surface area (Å²) in [5, 5.41) is 13.1. The topological polar surface area (TPSA) is 75.6 Å². The van der Waals surface area contributed by atoms with Crippen LogP contribution in [-0.2, 0) is 4.79 Å². The van der Waals surface area contributed by atoms with Crippen LogP contribution in [0.3, 0.4) is 0 Å². The van der Waals surface area contributed by atoms with E-state index in [1.807, 2.05) is 24.3 Å². The fourth-order valence-electron chi connectivity index (χ4n) is 4.79. The van der Waals surface area contributed by atoms with Crippen molar-refractivity contribution in [3.8, 4) is 16.2 Å². The molecule has 0 bridgehead atoms. The summed E-state index contributed by atoms with van der Waals surface area (Å²) in [7, 11) is 0. The van der Waals surface area contributed by atoms with Gasteiger partial charge in [-0.15, -0.1) is 11.3 Å². The number of carbonyl (C=O) groups excluding carboxylic acids is 1. The monoisotopic (exact) mass is 413 g/mol. The minimum Gasteiger partial charge on any atom is -0.477 e. The van der Waals surface area contributed by atoms with Crippen molar-refractivity contribution in [1.29, 1.82) is 0 Å². The standard InChI is InChI=1S/C23H27NO4S/c1-22(2)12-17(13-23(3,4)14-22)24-16-7-5-6-15(10-16)19-11-18(28-9-8-25)20(29-19)21(26)27/h5-7,9-11,17,24H,12-14H2,1-4H3,(H,26,27). The third-order valence-corrected chi connectivity index (χ3v) is 6.35. The first-order valence-corrected chi connectivity index (χ1v) is 10.5. The molecule has 1 aromatic heterocycles. The van der Waals surface area contributed by atoms with E-state index in [1.165, 1.54) is 12.4 Å². The van der Waals surface area contributed by atoms with Gasteiger partial charge in [0, 0.05) is 22.7 Å². The van der Waals surface area contributed by atoms with Crippen LogP contribution in [-0.4, -0.2) is 23.1 Å². The van der Waals surface area contributed by atoms with E-state index < -0.39 is 5.97 Å². The van der Waals surface area contributed by atoms with Crippen molar-refractivity contribution in [2.75, 3.05) is 5.32 Å². The number of carboxylic acids is 1. The number of benzene rings is 1. The van der Waals surface area contributed by atoms with Gasteiger partial charge in [0.05, 0.1) is 0 Å². The Kier molecular flexibility index (Phi) is 5.87. The van der Waals surface area contributed by atoms with Crippen molar-refractivity contribution in [3.63, 3.8) is 0 Å². The normalized spacial score (nSPS) is 17.9. The van der Waals surface area contributed by atoms with Gasteiger partial charge in [0.2, 0.25) is 0 Å². The quantitative estimate of drug-likeness (QED) is 0.459. The van der Waals surface area contributed by atoms with Gasteiger partial charge in [-0.05, 0) is 47.8 Å². The van der Waals surface area contributed by atoms with E-state index in [9.17, 15) is 14.7 Å². The van der Waals surface area contributed by atoms with Crippen LogP contribution in [0.2, 0.25) is 0 Å². The van der Waals surface area contributed by atoms with E-state index in [-0.39, 0.29) is 10.6 Å². The number of anilines is 1. The number of nitrogens with one attached hydrogen (secondary N) is 1. The SMILES string of the molecule is CC1(C)CC(Nc2cccc(-c3cc(OC=C=O)c(C(=O)O)s3)c2)CC(C)(C)C1. The molecule has 6 heteroatoms. The molecular weight excluding hydrogens is 386 g/mol. The van der Waals surface area contributed by atoms with Crippen LogP contribution < -0.4 is 10.1 Å². The predicted molar refractivity (Wildman–Crippen MR) is 116 cm³/mol. The zero-order valence-electron chi connectivity index (χ0n) is 17.2. The maximum absolute atomic E-state index is 11.5. The number of thiophene rings is 1.